The van der Waals surface area contributed by atoms with E-state index in [9.17, 15) is 0 Å². The molecule has 0 heterocycles. The summed E-state index contributed by atoms with van der Waals surface area (Å²) in [6.07, 6.45) is 5.55. The Hall–Kier alpha value is 0.217. The van der Waals surface area contributed by atoms with Gasteiger partial charge in [0.2, 0.25) is 0 Å². The molecular formula is C6H15Si. The van der Waals surface area contributed by atoms with Crippen LogP contribution in [0.2, 0.25) is 0 Å². The van der Waals surface area contributed by atoms with Crippen molar-refractivity contribution >= 4 is 10.2 Å². The molecule has 0 bridgehead atoms. The van der Waals surface area contributed by atoms with Crippen LogP contribution in [0, 0.1) is 6.04 Å². The lowest BCUT2D eigenvalue weighted by Gasteiger charge is -1.90. The molecule has 0 aliphatic heterocycles. The molecule has 0 spiro atoms. The van der Waals surface area contributed by atoms with Crippen molar-refractivity contribution in [3.05, 3.63) is 6.04 Å². The number of rotatable bonds is 4. The van der Waals surface area contributed by atoms with Crippen molar-refractivity contribution in [1.82, 2.24) is 0 Å². The van der Waals surface area contributed by atoms with Gasteiger partial charge in [-0.2, -0.15) is 0 Å². The molecule has 1 heteroatoms. The molecule has 0 rings (SSSR count). The molecule has 0 aromatic rings. The third-order valence-corrected chi connectivity index (χ3v) is 1.67. The number of hydrogen-bond donors (Lipinski definition) is 0. The first kappa shape index (κ1) is 7.22. The smallest absolute Gasteiger partial charge is 0.00667 e. The van der Waals surface area contributed by atoms with Crippen molar-refractivity contribution in [3.63, 3.8) is 0 Å². The zero-order valence-corrected chi connectivity index (χ0v) is 7.41. The first-order valence-electron chi connectivity index (χ1n) is 3.19. The standard InChI is InChI=1S/C6H15Si/c1-2-3-4-5-6-7/h6H,2-5H2,1,7H3. The molecule has 0 aromatic heterocycles. The molecule has 0 aromatic carbocycles. The highest BCUT2D eigenvalue weighted by atomic mass is 28.1. The number of hydrogen-bond acceptors (Lipinski definition) is 0. The van der Waals surface area contributed by atoms with E-state index in [0.717, 1.165) is 0 Å². The lowest BCUT2D eigenvalue weighted by atomic mass is 10.2. The van der Waals surface area contributed by atoms with Crippen molar-refractivity contribution < 1.29 is 0 Å². The lowest BCUT2D eigenvalue weighted by Crippen LogP contribution is -1.74. The molecule has 0 atom stereocenters. The largest absolute Gasteiger partial charge is 0.0654 e. The average Bonchev–Trinajstić information content (AvgIpc) is 1.69. The van der Waals surface area contributed by atoms with E-state index in [0.29, 0.717) is 0 Å². The van der Waals surface area contributed by atoms with E-state index in [1.54, 1.807) is 0 Å². The summed E-state index contributed by atoms with van der Waals surface area (Å²) in [5, 5.41) is 0. The van der Waals surface area contributed by atoms with E-state index in [2.05, 4.69) is 13.0 Å². The van der Waals surface area contributed by atoms with Crippen molar-refractivity contribution in [2.24, 2.45) is 0 Å². The highest BCUT2D eigenvalue weighted by Gasteiger charge is 1.80. The van der Waals surface area contributed by atoms with Crippen molar-refractivity contribution in [2.75, 3.05) is 0 Å². The molecule has 0 N–H and O–H groups in total. The molecule has 0 aliphatic rings. The summed E-state index contributed by atoms with van der Waals surface area (Å²) >= 11 is 0. The SMILES string of the molecule is CCCCC[CH][SiH3]. The summed E-state index contributed by atoms with van der Waals surface area (Å²) in [5.41, 5.74) is 0. The summed E-state index contributed by atoms with van der Waals surface area (Å²) in [6, 6.07) is 2.37. The minimum absolute atomic E-state index is 1.28. The van der Waals surface area contributed by atoms with Crippen LogP contribution in [0.4, 0.5) is 0 Å². The molecule has 0 saturated carbocycles. The van der Waals surface area contributed by atoms with Gasteiger partial charge in [-0.15, -0.1) is 0 Å². The summed E-state index contributed by atoms with van der Waals surface area (Å²) in [6.45, 7) is 2.24. The van der Waals surface area contributed by atoms with E-state index in [4.69, 9.17) is 0 Å². The monoisotopic (exact) mass is 115 g/mol. The Bertz CT molecular complexity index is 23.4. The van der Waals surface area contributed by atoms with Gasteiger partial charge < -0.3 is 0 Å². The Kier molecular flexibility index (Phi) is 6.41. The van der Waals surface area contributed by atoms with Crippen LogP contribution < -0.4 is 0 Å². The minimum Gasteiger partial charge on any atom is -0.0654 e. The fourth-order valence-electron chi connectivity index (χ4n) is 0.598. The maximum absolute atomic E-state index is 2.37. The second-order valence-electron chi connectivity index (χ2n) is 1.90. The molecule has 0 aliphatic carbocycles. The van der Waals surface area contributed by atoms with Gasteiger partial charge in [-0.1, -0.05) is 38.7 Å². The first-order chi connectivity index (χ1) is 3.41. The first-order valence-corrected chi connectivity index (χ1v) is 4.35. The number of unbranched alkanes of at least 4 members (excludes halogenated alkanes) is 3. The summed E-state index contributed by atoms with van der Waals surface area (Å²) in [4.78, 5) is 0. The Morgan fingerprint density at radius 2 is 2.14 bits per heavy atom. The van der Waals surface area contributed by atoms with E-state index in [1.165, 1.54) is 35.9 Å². The predicted molar refractivity (Wildman–Crippen MR) is 38.4 cm³/mol. The molecule has 0 unspecified atom stereocenters. The van der Waals surface area contributed by atoms with Gasteiger partial charge >= 0.3 is 0 Å². The van der Waals surface area contributed by atoms with Crippen LogP contribution in [0.25, 0.3) is 0 Å². The van der Waals surface area contributed by atoms with Gasteiger partial charge in [0, 0.05) is 10.2 Å². The fraction of sp³-hybridized carbons (Fsp3) is 0.833. The molecule has 0 nitrogen and oxygen atoms in total. The van der Waals surface area contributed by atoms with E-state index >= 15 is 0 Å². The molecule has 43 valence electrons. The lowest BCUT2D eigenvalue weighted by molar-refractivity contribution is 0.723. The van der Waals surface area contributed by atoms with Gasteiger partial charge in [0.1, 0.15) is 0 Å². The van der Waals surface area contributed by atoms with Gasteiger partial charge in [-0.3, -0.25) is 0 Å². The Morgan fingerprint density at radius 1 is 1.43 bits per heavy atom. The van der Waals surface area contributed by atoms with E-state index in [1.807, 2.05) is 0 Å². The highest BCUT2D eigenvalue weighted by molar-refractivity contribution is 6.14. The Balaban J connectivity index is 2.45. The minimum atomic E-state index is 1.28. The summed E-state index contributed by atoms with van der Waals surface area (Å²) in [7, 11) is 1.28. The molecule has 7 heavy (non-hydrogen) atoms. The van der Waals surface area contributed by atoms with Crippen LogP contribution in [-0.4, -0.2) is 10.2 Å². The normalized spacial score (nSPS) is 9.86. The van der Waals surface area contributed by atoms with E-state index < -0.39 is 0 Å². The quantitative estimate of drug-likeness (QED) is 0.380. The highest BCUT2D eigenvalue weighted by Crippen LogP contribution is 1.98. The molecule has 0 fully saturated rings. The third kappa shape index (κ3) is 6.22. The predicted octanol–water partition coefficient (Wildman–Crippen LogP) is 1.09. The topological polar surface area (TPSA) is 0 Å². The molecule has 0 amide bonds. The molecule has 0 saturated heterocycles. The van der Waals surface area contributed by atoms with Crippen LogP contribution in [0.15, 0.2) is 0 Å². The average molecular weight is 115 g/mol. The van der Waals surface area contributed by atoms with Crippen molar-refractivity contribution in [2.45, 2.75) is 32.6 Å². The van der Waals surface area contributed by atoms with Gasteiger partial charge in [0.05, 0.1) is 0 Å². The van der Waals surface area contributed by atoms with Crippen LogP contribution in [0.1, 0.15) is 32.6 Å². The van der Waals surface area contributed by atoms with Crippen LogP contribution in [0.3, 0.4) is 0 Å². The van der Waals surface area contributed by atoms with Gasteiger partial charge in [-0.05, 0) is 0 Å². The summed E-state index contributed by atoms with van der Waals surface area (Å²) in [5.74, 6) is 0. The second kappa shape index (κ2) is 6.22. The van der Waals surface area contributed by atoms with Gasteiger partial charge in [0.25, 0.3) is 0 Å². The molecule has 1 radical (unpaired) electrons. The zero-order valence-electron chi connectivity index (χ0n) is 5.41. The second-order valence-corrected chi connectivity index (χ2v) is 2.72. The van der Waals surface area contributed by atoms with E-state index in [-0.39, 0.29) is 0 Å². The molecular weight excluding hydrogens is 100 g/mol. The van der Waals surface area contributed by atoms with Gasteiger partial charge in [-0.25, -0.2) is 0 Å². The van der Waals surface area contributed by atoms with Crippen molar-refractivity contribution in [1.29, 1.82) is 0 Å². The van der Waals surface area contributed by atoms with Crippen LogP contribution in [-0.2, 0) is 0 Å². The van der Waals surface area contributed by atoms with Crippen LogP contribution in [0.5, 0.6) is 0 Å². The van der Waals surface area contributed by atoms with Crippen LogP contribution >= 0.6 is 0 Å². The summed E-state index contributed by atoms with van der Waals surface area (Å²) < 4.78 is 0. The maximum atomic E-state index is 2.37. The fourth-order valence-corrected chi connectivity index (χ4v) is 1.01. The Labute approximate surface area is 49.7 Å². The van der Waals surface area contributed by atoms with Crippen molar-refractivity contribution in [3.8, 4) is 0 Å². The Morgan fingerprint density at radius 3 is 2.57 bits per heavy atom. The zero-order chi connectivity index (χ0) is 5.54. The third-order valence-electron chi connectivity index (χ3n) is 1.10. The maximum Gasteiger partial charge on any atom is 0.00667 e. The van der Waals surface area contributed by atoms with Gasteiger partial charge in [0.15, 0.2) is 0 Å².